The van der Waals surface area contributed by atoms with Crippen LogP contribution in [0.4, 0.5) is 10.1 Å². The van der Waals surface area contributed by atoms with Crippen molar-refractivity contribution in [2.75, 3.05) is 5.32 Å². The molecule has 0 atom stereocenters. The molecule has 98 valence electrons. The molecule has 0 aliphatic carbocycles. The van der Waals surface area contributed by atoms with Crippen molar-refractivity contribution in [3.8, 4) is 0 Å². The van der Waals surface area contributed by atoms with E-state index in [1.807, 2.05) is 0 Å². The first-order valence-corrected chi connectivity index (χ1v) is 6.79. The van der Waals surface area contributed by atoms with Gasteiger partial charge in [-0.25, -0.2) is 4.39 Å². The smallest absolute Gasteiger partial charge is 0.267 e. The Labute approximate surface area is 123 Å². The van der Waals surface area contributed by atoms with Crippen molar-refractivity contribution in [3.05, 3.63) is 50.9 Å². The number of nitrogens with two attached hydrogens (primary N) is 1. The van der Waals surface area contributed by atoms with Crippen LogP contribution in [0.15, 0.2) is 29.6 Å². The van der Waals surface area contributed by atoms with Crippen molar-refractivity contribution in [2.45, 2.75) is 0 Å². The van der Waals surface area contributed by atoms with Crippen LogP contribution in [0, 0.1) is 5.82 Å². The number of hydrogen-bond acceptors (Lipinski definition) is 3. The quantitative estimate of drug-likeness (QED) is 0.853. The lowest BCUT2D eigenvalue weighted by Crippen LogP contribution is -2.14. The molecule has 19 heavy (non-hydrogen) atoms. The minimum Gasteiger partial charge on any atom is -0.389 e. The fourth-order valence-electron chi connectivity index (χ4n) is 1.40. The number of halogens is 2. The van der Waals surface area contributed by atoms with Gasteiger partial charge in [-0.05, 0) is 29.6 Å². The summed E-state index contributed by atoms with van der Waals surface area (Å²) in [5.41, 5.74) is 5.85. The summed E-state index contributed by atoms with van der Waals surface area (Å²) in [5, 5.41) is 4.47. The number of thiocarbonyl (C=S) groups is 1. The molecule has 0 radical (unpaired) electrons. The van der Waals surface area contributed by atoms with E-state index in [4.69, 9.17) is 29.6 Å². The lowest BCUT2D eigenvalue weighted by Gasteiger charge is -2.07. The van der Waals surface area contributed by atoms with Gasteiger partial charge in [-0.2, -0.15) is 0 Å². The Kier molecular flexibility index (Phi) is 4.14. The predicted octanol–water partition coefficient (Wildman–Crippen LogP) is 3.43. The molecule has 3 N–H and O–H groups in total. The van der Waals surface area contributed by atoms with Gasteiger partial charge in [0.05, 0.1) is 10.7 Å². The van der Waals surface area contributed by atoms with Crippen molar-refractivity contribution in [2.24, 2.45) is 5.73 Å². The lowest BCUT2D eigenvalue weighted by atomic mass is 10.2. The minimum absolute atomic E-state index is 0.0504. The Bertz CT molecular complexity index is 657. The second kappa shape index (κ2) is 5.64. The molecule has 0 aliphatic rings. The Morgan fingerprint density at radius 3 is 2.68 bits per heavy atom. The summed E-state index contributed by atoms with van der Waals surface area (Å²) < 4.78 is 13.8. The molecule has 0 unspecified atom stereocenters. The fourth-order valence-corrected chi connectivity index (χ4v) is 2.57. The van der Waals surface area contributed by atoms with Crippen LogP contribution in [0.3, 0.4) is 0 Å². The predicted molar refractivity (Wildman–Crippen MR) is 79.6 cm³/mol. The zero-order valence-corrected chi connectivity index (χ0v) is 11.8. The van der Waals surface area contributed by atoms with E-state index in [1.54, 1.807) is 11.4 Å². The third-order valence-corrected chi connectivity index (χ3v) is 3.90. The van der Waals surface area contributed by atoms with Gasteiger partial charge in [-0.15, -0.1) is 11.3 Å². The van der Waals surface area contributed by atoms with E-state index in [-0.39, 0.29) is 10.7 Å². The maximum absolute atomic E-state index is 13.8. The summed E-state index contributed by atoms with van der Waals surface area (Å²) in [7, 11) is 0. The van der Waals surface area contributed by atoms with Crippen molar-refractivity contribution in [1.82, 2.24) is 0 Å². The van der Waals surface area contributed by atoms with E-state index < -0.39 is 11.7 Å². The van der Waals surface area contributed by atoms with Crippen molar-refractivity contribution in [1.29, 1.82) is 0 Å². The molecule has 1 aromatic carbocycles. The van der Waals surface area contributed by atoms with Gasteiger partial charge in [0.15, 0.2) is 0 Å². The SMILES string of the molecule is NC(=S)c1ccc(NC(=O)c2sccc2Cl)c(F)c1. The van der Waals surface area contributed by atoms with Gasteiger partial charge in [0.25, 0.3) is 5.91 Å². The second-order valence-corrected chi connectivity index (χ2v) is 5.37. The number of thiophene rings is 1. The normalized spacial score (nSPS) is 10.2. The third-order valence-electron chi connectivity index (χ3n) is 2.33. The van der Waals surface area contributed by atoms with Gasteiger partial charge in [-0.3, -0.25) is 4.79 Å². The number of benzene rings is 1. The molecule has 0 saturated heterocycles. The molecule has 0 aliphatic heterocycles. The molecule has 0 fully saturated rings. The van der Waals surface area contributed by atoms with Gasteiger partial charge >= 0.3 is 0 Å². The van der Waals surface area contributed by atoms with Crippen molar-refractivity contribution < 1.29 is 9.18 Å². The average Bonchev–Trinajstić information content (AvgIpc) is 2.77. The van der Waals surface area contributed by atoms with Crippen LogP contribution in [0.5, 0.6) is 0 Å². The highest BCUT2D eigenvalue weighted by Crippen LogP contribution is 2.24. The summed E-state index contributed by atoms with van der Waals surface area (Å²) in [6.07, 6.45) is 0. The zero-order chi connectivity index (χ0) is 14.0. The molecule has 0 spiro atoms. The van der Waals surface area contributed by atoms with E-state index in [0.717, 1.165) is 0 Å². The van der Waals surface area contributed by atoms with E-state index in [1.165, 1.54) is 29.5 Å². The first-order valence-electron chi connectivity index (χ1n) is 5.12. The number of carbonyl (C=O) groups excluding carboxylic acids is 1. The molecule has 2 rings (SSSR count). The monoisotopic (exact) mass is 314 g/mol. The lowest BCUT2D eigenvalue weighted by molar-refractivity contribution is 0.103. The zero-order valence-electron chi connectivity index (χ0n) is 9.44. The molecule has 2 aromatic rings. The van der Waals surface area contributed by atoms with Gasteiger partial charge in [-0.1, -0.05) is 23.8 Å². The van der Waals surface area contributed by atoms with Crippen LogP contribution in [-0.2, 0) is 0 Å². The summed E-state index contributed by atoms with van der Waals surface area (Å²) in [4.78, 5) is 12.3. The Balaban J connectivity index is 2.23. The van der Waals surface area contributed by atoms with Crippen molar-refractivity contribution >= 4 is 51.7 Å². The molecule has 1 heterocycles. The summed E-state index contributed by atoms with van der Waals surface area (Å²) in [5.74, 6) is -1.06. The number of nitrogens with one attached hydrogen (secondary N) is 1. The molecular formula is C12H8ClFN2OS2. The number of carbonyl (C=O) groups is 1. The molecular weight excluding hydrogens is 307 g/mol. The van der Waals surface area contributed by atoms with Crippen LogP contribution in [-0.4, -0.2) is 10.9 Å². The molecule has 7 heteroatoms. The molecule has 1 amide bonds. The Morgan fingerprint density at radius 2 is 2.16 bits per heavy atom. The highest BCUT2D eigenvalue weighted by atomic mass is 35.5. The number of rotatable bonds is 3. The maximum Gasteiger partial charge on any atom is 0.267 e. The molecule has 0 bridgehead atoms. The number of amides is 1. The minimum atomic E-state index is -0.605. The van der Waals surface area contributed by atoms with E-state index in [9.17, 15) is 9.18 Å². The first kappa shape index (κ1) is 13.9. The van der Waals surface area contributed by atoms with Crippen LogP contribution < -0.4 is 11.1 Å². The van der Waals surface area contributed by atoms with Gasteiger partial charge < -0.3 is 11.1 Å². The standard InChI is InChI=1S/C12H8ClFN2OS2/c13-7-3-4-19-10(7)12(17)16-9-2-1-6(11(15)18)5-8(9)14/h1-5H,(H2,15,18)(H,16,17). The Hall–Kier alpha value is -1.50. The van der Waals surface area contributed by atoms with Crippen molar-refractivity contribution in [3.63, 3.8) is 0 Å². The molecule has 3 nitrogen and oxygen atoms in total. The molecule has 0 saturated carbocycles. The second-order valence-electron chi connectivity index (χ2n) is 3.61. The van der Waals surface area contributed by atoms with E-state index >= 15 is 0 Å². The first-order chi connectivity index (χ1) is 8.99. The summed E-state index contributed by atoms with van der Waals surface area (Å²) in [6, 6.07) is 5.72. The van der Waals surface area contributed by atoms with E-state index in [0.29, 0.717) is 15.5 Å². The summed E-state index contributed by atoms with van der Waals surface area (Å²) >= 11 is 11.8. The van der Waals surface area contributed by atoms with Crippen LogP contribution in [0.2, 0.25) is 5.02 Å². The topological polar surface area (TPSA) is 55.1 Å². The largest absolute Gasteiger partial charge is 0.389 e. The number of hydrogen-bond donors (Lipinski definition) is 2. The fraction of sp³-hybridized carbons (Fsp3) is 0. The average molecular weight is 315 g/mol. The Morgan fingerprint density at radius 1 is 1.42 bits per heavy atom. The van der Waals surface area contributed by atoms with Gasteiger partial charge in [0, 0.05) is 5.56 Å². The van der Waals surface area contributed by atoms with Gasteiger partial charge in [0.2, 0.25) is 0 Å². The highest BCUT2D eigenvalue weighted by Gasteiger charge is 2.14. The molecule has 1 aromatic heterocycles. The van der Waals surface area contributed by atoms with Crippen LogP contribution in [0.25, 0.3) is 0 Å². The van der Waals surface area contributed by atoms with Crippen LogP contribution >= 0.6 is 35.2 Å². The van der Waals surface area contributed by atoms with Crippen LogP contribution in [0.1, 0.15) is 15.2 Å². The number of anilines is 1. The van der Waals surface area contributed by atoms with E-state index in [2.05, 4.69) is 5.32 Å². The maximum atomic E-state index is 13.8. The summed E-state index contributed by atoms with van der Waals surface area (Å²) in [6.45, 7) is 0. The van der Waals surface area contributed by atoms with Gasteiger partial charge in [0.1, 0.15) is 15.7 Å². The highest BCUT2D eigenvalue weighted by molar-refractivity contribution is 7.80. The third kappa shape index (κ3) is 3.09.